The SMILES string of the molecule is O=C(N[C@H](Cc1c[nH]c2ccccc12)c1nnc(Cc2ccccc2)n1Cc1ccncc1)c1ccccn1. The third-order valence-electron chi connectivity index (χ3n) is 6.76. The normalized spacial score (nSPS) is 11.9. The zero-order chi connectivity index (χ0) is 26.4. The summed E-state index contributed by atoms with van der Waals surface area (Å²) in [6.07, 6.45) is 8.33. The predicted octanol–water partition coefficient (Wildman–Crippen LogP) is 4.90. The molecular weight excluding hydrogens is 486 g/mol. The van der Waals surface area contributed by atoms with Crippen molar-refractivity contribution >= 4 is 16.8 Å². The first-order chi connectivity index (χ1) is 19.2. The molecule has 1 amide bonds. The molecule has 8 heteroatoms. The number of carbonyl (C=O) groups excluding carboxylic acids is 1. The molecule has 0 aliphatic rings. The molecule has 39 heavy (non-hydrogen) atoms. The van der Waals surface area contributed by atoms with Gasteiger partial charge in [-0.1, -0.05) is 54.6 Å². The number of nitrogens with one attached hydrogen (secondary N) is 2. The average molecular weight is 514 g/mol. The van der Waals surface area contributed by atoms with Crippen molar-refractivity contribution in [2.24, 2.45) is 0 Å². The molecule has 0 spiro atoms. The first-order valence-electron chi connectivity index (χ1n) is 12.9. The van der Waals surface area contributed by atoms with Crippen molar-refractivity contribution in [2.45, 2.75) is 25.4 Å². The van der Waals surface area contributed by atoms with Gasteiger partial charge in [0, 0.05) is 48.5 Å². The van der Waals surface area contributed by atoms with E-state index in [0.717, 1.165) is 33.4 Å². The van der Waals surface area contributed by atoms with E-state index in [0.29, 0.717) is 30.9 Å². The number of H-pyrrole nitrogens is 1. The second-order valence-corrected chi connectivity index (χ2v) is 9.38. The highest BCUT2D eigenvalue weighted by Crippen LogP contribution is 2.26. The van der Waals surface area contributed by atoms with Gasteiger partial charge in [-0.25, -0.2) is 0 Å². The summed E-state index contributed by atoms with van der Waals surface area (Å²) in [7, 11) is 0. The van der Waals surface area contributed by atoms with Crippen molar-refractivity contribution in [3.8, 4) is 0 Å². The van der Waals surface area contributed by atoms with Crippen LogP contribution in [0.5, 0.6) is 0 Å². The summed E-state index contributed by atoms with van der Waals surface area (Å²) < 4.78 is 2.11. The second-order valence-electron chi connectivity index (χ2n) is 9.38. The quantitative estimate of drug-likeness (QED) is 0.286. The van der Waals surface area contributed by atoms with Crippen molar-refractivity contribution in [3.63, 3.8) is 0 Å². The van der Waals surface area contributed by atoms with Crippen molar-refractivity contribution in [1.29, 1.82) is 0 Å². The van der Waals surface area contributed by atoms with E-state index in [-0.39, 0.29) is 5.91 Å². The van der Waals surface area contributed by atoms with E-state index in [1.807, 2.05) is 54.7 Å². The maximum absolute atomic E-state index is 13.3. The number of aromatic nitrogens is 6. The van der Waals surface area contributed by atoms with Gasteiger partial charge in [0.1, 0.15) is 11.5 Å². The van der Waals surface area contributed by atoms with Crippen LogP contribution >= 0.6 is 0 Å². The minimum absolute atomic E-state index is 0.261. The molecule has 0 aliphatic heterocycles. The molecule has 6 rings (SSSR count). The van der Waals surface area contributed by atoms with Crippen LogP contribution in [0.25, 0.3) is 10.9 Å². The van der Waals surface area contributed by atoms with Gasteiger partial charge in [-0.2, -0.15) is 0 Å². The lowest BCUT2D eigenvalue weighted by Crippen LogP contribution is -2.33. The van der Waals surface area contributed by atoms with Gasteiger partial charge < -0.3 is 14.9 Å². The van der Waals surface area contributed by atoms with Crippen LogP contribution in [-0.4, -0.2) is 35.6 Å². The summed E-state index contributed by atoms with van der Waals surface area (Å²) >= 11 is 0. The molecule has 4 heterocycles. The third-order valence-corrected chi connectivity index (χ3v) is 6.76. The number of carbonyl (C=O) groups is 1. The number of hydrogen-bond acceptors (Lipinski definition) is 5. The monoisotopic (exact) mass is 513 g/mol. The molecule has 0 saturated heterocycles. The number of pyridine rings is 2. The van der Waals surface area contributed by atoms with Crippen molar-refractivity contribution in [3.05, 3.63) is 144 Å². The van der Waals surface area contributed by atoms with Gasteiger partial charge in [0.15, 0.2) is 5.82 Å². The van der Waals surface area contributed by atoms with Crippen LogP contribution in [0.2, 0.25) is 0 Å². The van der Waals surface area contributed by atoms with Crippen molar-refractivity contribution in [1.82, 2.24) is 35.0 Å². The second kappa shape index (κ2) is 11.1. The van der Waals surface area contributed by atoms with Gasteiger partial charge in [-0.05, 0) is 47.0 Å². The van der Waals surface area contributed by atoms with Gasteiger partial charge in [0.25, 0.3) is 5.91 Å². The lowest BCUT2D eigenvalue weighted by Gasteiger charge is -2.20. The highest BCUT2D eigenvalue weighted by Gasteiger charge is 2.26. The van der Waals surface area contributed by atoms with E-state index in [1.165, 1.54) is 0 Å². The summed E-state index contributed by atoms with van der Waals surface area (Å²) in [5.74, 6) is 1.25. The third kappa shape index (κ3) is 5.45. The molecule has 0 saturated carbocycles. The number of rotatable bonds is 9. The number of nitrogens with zero attached hydrogens (tertiary/aromatic N) is 5. The Morgan fingerprint density at radius 2 is 1.64 bits per heavy atom. The Labute approximate surface area is 225 Å². The molecular formula is C31H27N7O. The zero-order valence-electron chi connectivity index (χ0n) is 21.2. The van der Waals surface area contributed by atoms with Crippen LogP contribution < -0.4 is 5.32 Å². The minimum atomic E-state index is -0.447. The number of amides is 1. The fourth-order valence-electron chi connectivity index (χ4n) is 4.82. The number of para-hydroxylation sites is 1. The predicted molar refractivity (Wildman–Crippen MR) is 149 cm³/mol. The Morgan fingerprint density at radius 3 is 2.46 bits per heavy atom. The highest BCUT2D eigenvalue weighted by molar-refractivity contribution is 5.92. The summed E-state index contributed by atoms with van der Waals surface area (Å²) in [6, 6.07) is 27.2. The van der Waals surface area contributed by atoms with E-state index in [4.69, 9.17) is 0 Å². The molecule has 1 atom stereocenters. The van der Waals surface area contributed by atoms with Crippen molar-refractivity contribution < 1.29 is 4.79 Å². The highest BCUT2D eigenvalue weighted by atomic mass is 16.2. The lowest BCUT2D eigenvalue weighted by molar-refractivity contribution is 0.0929. The topological polar surface area (TPSA) is 101 Å². The molecule has 2 aromatic carbocycles. The number of aromatic amines is 1. The fraction of sp³-hybridized carbons (Fsp3) is 0.129. The Kier molecular flexibility index (Phi) is 6.90. The molecule has 0 radical (unpaired) electrons. The van der Waals surface area contributed by atoms with E-state index in [9.17, 15) is 4.79 Å². The molecule has 0 bridgehead atoms. The van der Waals surface area contributed by atoms with E-state index < -0.39 is 6.04 Å². The van der Waals surface area contributed by atoms with Gasteiger partial charge >= 0.3 is 0 Å². The Morgan fingerprint density at radius 1 is 0.846 bits per heavy atom. The molecule has 0 fully saturated rings. The Bertz CT molecular complexity index is 1680. The first-order valence-corrected chi connectivity index (χ1v) is 12.9. The fourth-order valence-corrected chi connectivity index (χ4v) is 4.82. The number of benzene rings is 2. The molecule has 8 nitrogen and oxygen atoms in total. The number of fused-ring (bicyclic) bond motifs is 1. The first kappa shape index (κ1) is 24.2. The summed E-state index contributed by atoms with van der Waals surface area (Å²) in [5, 5.41) is 13.6. The molecule has 4 aromatic heterocycles. The minimum Gasteiger partial charge on any atom is -0.361 e. The van der Waals surface area contributed by atoms with Gasteiger partial charge in [0.2, 0.25) is 0 Å². The zero-order valence-corrected chi connectivity index (χ0v) is 21.2. The average Bonchev–Trinajstić information content (AvgIpc) is 3.58. The van der Waals surface area contributed by atoms with E-state index in [1.54, 1.807) is 36.8 Å². The smallest absolute Gasteiger partial charge is 0.270 e. The Hall–Kier alpha value is -5.11. The van der Waals surface area contributed by atoms with Crippen LogP contribution in [0.4, 0.5) is 0 Å². The van der Waals surface area contributed by atoms with Crippen molar-refractivity contribution in [2.75, 3.05) is 0 Å². The van der Waals surface area contributed by atoms with Crippen LogP contribution in [0.15, 0.2) is 110 Å². The summed E-state index contributed by atoms with van der Waals surface area (Å²) in [5.41, 5.74) is 4.69. The standard InChI is InChI=1S/C31H27N7O/c39-31(27-12-6-7-15-33-27)35-28(19-24-20-34-26-11-5-4-10-25(24)26)30-37-36-29(18-22-8-2-1-3-9-22)38(30)21-23-13-16-32-17-14-23/h1-17,20,28,34H,18-19,21H2,(H,35,39)/t28-/m1/s1. The maximum Gasteiger partial charge on any atom is 0.270 e. The maximum atomic E-state index is 13.3. The van der Waals surface area contributed by atoms with Gasteiger partial charge in [-0.3, -0.25) is 14.8 Å². The van der Waals surface area contributed by atoms with E-state index >= 15 is 0 Å². The van der Waals surface area contributed by atoms with Crippen LogP contribution in [0, 0.1) is 0 Å². The van der Waals surface area contributed by atoms with Crippen LogP contribution in [-0.2, 0) is 19.4 Å². The lowest BCUT2D eigenvalue weighted by atomic mass is 10.0. The van der Waals surface area contributed by atoms with Crippen LogP contribution in [0.1, 0.15) is 44.9 Å². The summed E-state index contributed by atoms with van der Waals surface area (Å²) in [4.78, 5) is 25.1. The molecule has 0 aliphatic carbocycles. The van der Waals surface area contributed by atoms with E-state index in [2.05, 4.69) is 53.2 Å². The Balaban J connectivity index is 1.42. The van der Waals surface area contributed by atoms with Gasteiger partial charge in [0.05, 0.1) is 12.6 Å². The largest absolute Gasteiger partial charge is 0.361 e. The van der Waals surface area contributed by atoms with Crippen LogP contribution in [0.3, 0.4) is 0 Å². The van der Waals surface area contributed by atoms with Gasteiger partial charge in [-0.15, -0.1) is 10.2 Å². The number of hydrogen-bond donors (Lipinski definition) is 2. The molecule has 6 aromatic rings. The molecule has 0 unspecified atom stereocenters. The molecule has 192 valence electrons. The molecule has 2 N–H and O–H groups in total. The summed E-state index contributed by atoms with van der Waals surface area (Å²) in [6.45, 7) is 0.552.